The van der Waals surface area contributed by atoms with E-state index in [2.05, 4.69) is 16.0 Å². The largest absolute Gasteiger partial charge is 0.497 e. The SMILES string of the molecule is CC[C@@H]1OC(=O)C[C@H](O)[C@H]([C@@H](C)CC)NC(=O)[C@H](NC(=O)[C@@H](CC(C)C)N(C)C(=O)[C@@H]2CCCN2C(=O)C(C)=O)[C@H](C)OC(=O)[C@@H]2Cc3ccc(OC)cc3CN2C(=O)[C@@H]2CCCN2C(=O)[C@H](CC(C)C)NC1=O. The first-order chi connectivity index (χ1) is 34.9. The van der Waals surface area contributed by atoms with Crippen LogP contribution in [0.25, 0.3) is 0 Å². The number of methoxy groups -OCH3 is 1. The third-order valence-corrected chi connectivity index (χ3v) is 14.8. The lowest BCUT2D eigenvalue weighted by Gasteiger charge is -2.40. The van der Waals surface area contributed by atoms with Gasteiger partial charge >= 0.3 is 11.9 Å². The number of hydrogen-bond donors (Lipinski definition) is 4. The number of hydrogen-bond acceptors (Lipinski definition) is 14. The monoisotopic (exact) mass is 1040 g/mol. The van der Waals surface area contributed by atoms with E-state index >= 15 is 4.79 Å². The van der Waals surface area contributed by atoms with Crippen LogP contribution in [0.1, 0.15) is 131 Å². The van der Waals surface area contributed by atoms with Gasteiger partial charge in [-0.3, -0.25) is 43.2 Å². The Labute approximate surface area is 434 Å². The zero-order valence-corrected chi connectivity index (χ0v) is 45.0. The van der Waals surface area contributed by atoms with Gasteiger partial charge in [-0.05, 0) is 92.9 Å². The summed E-state index contributed by atoms with van der Waals surface area (Å²) in [6, 6.07) is -3.35. The first-order valence-corrected chi connectivity index (χ1v) is 26.3. The molecule has 0 bridgehead atoms. The van der Waals surface area contributed by atoms with Crippen LogP contribution < -0.4 is 20.7 Å². The molecule has 4 heterocycles. The zero-order chi connectivity index (χ0) is 54.9. The minimum atomic E-state index is -1.72. The van der Waals surface area contributed by atoms with Crippen molar-refractivity contribution in [2.24, 2.45) is 17.8 Å². The number of amides is 7. The Morgan fingerprint density at radius 1 is 0.865 bits per heavy atom. The van der Waals surface area contributed by atoms with Crippen molar-refractivity contribution in [2.45, 2.75) is 194 Å². The molecule has 0 aromatic heterocycles. The Balaban J connectivity index is 1.60. The van der Waals surface area contributed by atoms with Crippen LogP contribution in [-0.4, -0.2) is 172 Å². The van der Waals surface area contributed by atoms with Gasteiger partial charge in [-0.15, -0.1) is 0 Å². The van der Waals surface area contributed by atoms with Crippen LogP contribution in [0.15, 0.2) is 18.2 Å². The minimum absolute atomic E-state index is 0.0105. The van der Waals surface area contributed by atoms with Gasteiger partial charge in [-0.2, -0.15) is 0 Å². The summed E-state index contributed by atoms with van der Waals surface area (Å²) < 4.78 is 17.3. The van der Waals surface area contributed by atoms with Crippen molar-refractivity contribution in [1.29, 1.82) is 0 Å². The van der Waals surface area contributed by atoms with Gasteiger partial charge in [0.1, 0.15) is 48.1 Å². The minimum Gasteiger partial charge on any atom is -0.497 e. The number of cyclic esters (lactones) is 2. The van der Waals surface area contributed by atoms with Crippen molar-refractivity contribution in [2.75, 3.05) is 27.2 Å². The number of benzene rings is 1. The first-order valence-electron chi connectivity index (χ1n) is 26.3. The fourth-order valence-corrected chi connectivity index (χ4v) is 10.4. The number of esters is 2. The Morgan fingerprint density at radius 3 is 2.18 bits per heavy atom. The molecule has 21 heteroatoms. The van der Waals surface area contributed by atoms with Crippen molar-refractivity contribution in [3.05, 3.63) is 29.3 Å². The maximum atomic E-state index is 15.1. The highest BCUT2D eigenvalue weighted by atomic mass is 16.6. The van der Waals surface area contributed by atoms with Crippen LogP contribution in [0.3, 0.4) is 0 Å². The van der Waals surface area contributed by atoms with Gasteiger partial charge in [0.25, 0.3) is 11.8 Å². The number of ketones is 1. The number of ether oxygens (including phenoxy) is 3. The van der Waals surface area contributed by atoms with Gasteiger partial charge in [0, 0.05) is 40.0 Å². The van der Waals surface area contributed by atoms with Gasteiger partial charge in [-0.25, -0.2) is 4.79 Å². The number of aliphatic hydroxyl groups is 1. The van der Waals surface area contributed by atoms with Gasteiger partial charge in [0.2, 0.25) is 35.3 Å². The molecule has 0 aliphatic carbocycles. The number of nitrogens with one attached hydrogen (secondary N) is 3. The number of likely N-dealkylation sites (tertiary alicyclic amines) is 1. The molecule has 3 fully saturated rings. The van der Waals surface area contributed by atoms with Crippen LogP contribution in [0, 0.1) is 17.8 Å². The molecule has 21 nitrogen and oxygen atoms in total. The third kappa shape index (κ3) is 14.0. The number of fused-ring (bicyclic) bond motifs is 3. The number of carbonyl (C=O) groups excluding carboxylic acids is 10. The van der Waals surface area contributed by atoms with E-state index in [9.17, 15) is 48.3 Å². The second-order valence-corrected chi connectivity index (χ2v) is 21.2. The molecule has 4 aliphatic heterocycles. The Bertz CT molecular complexity index is 2270. The predicted molar refractivity (Wildman–Crippen MR) is 268 cm³/mol. The molecule has 74 heavy (non-hydrogen) atoms. The van der Waals surface area contributed by atoms with E-state index < -0.39 is 132 Å². The molecule has 3 saturated heterocycles. The Morgan fingerprint density at radius 2 is 1.55 bits per heavy atom. The molecule has 4 aliphatic rings. The molecule has 1 aromatic carbocycles. The topological polar surface area (TPSA) is 268 Å². The number of Topliss-reactive ketones (excluding diaryl/α,β-unsaturated/α-hetero) is 1. The van der Waals surface area contributed by atoms with Crippen LogP contribution in [0.4, 0.5) is 0 Å². The molecule has 7 amide bonds. The van der Waals surface area contributed by atoms with Crippen LogP contribution >= 0.6 is 0 Å². The average Bonchev–Trinajstić information content (AvgIpc) is 4.06. The first kappa shape index (κ1) is 58.8. The molecular formula is C53H79N7O14. The van der Waals surface area contributed by atoms with Crippen molar-refractivity contribution in [3.63, 3.8) is 0 Å². The highest BCUT2D eigenvalue weighted by molar-refractivity contribution is 6.35. The van der Waals surface area contributed by atoms with Crippen molar-refractivity contribution in [1.82, 2.24) is 35.6 Å². The smallest absolute Gasteiger partial charge is 0.329 e. The summed E-state index contributed by atoms with van der Waals surface area (Å²) in [5, 5.41) is 20.0. The number of nitrogens with zero attached hydrogens (tertiary/aromatic N) is 4. The Hall–Kier alpha value is -6.12. The summed E-state index contributed by atoms with van der Waals surface area (Å²) in [7, 11) is 2.90. The molecule has 1 aromatic rings. The molecular weight excluding hydrogens is 959 g/mol. The second-order valence-electron chi connectivity index (χ2n) is 21.2. The summed E-state index contributed by atoms with van der Waals surface area (Å²) in [6.45, 7) is 15.3. The highest BCUT2D eigenvalue weighted by Crippen LogP contribution is 2.32. The van der Waals surface area contributed by atoms with E-state index in [0.717, 1.165) is 6.92 Å². The summed E-state index contributed by atoms with van der Waals surface area (Å²) in [4.78, 5) is 146. The molecule has 5 rings (SSSR count). The Kier molecular flexibility index (Phi) is 20.6. The average molecular weight is 1040 g/mol. The van der Waals surface area contributed by atoms with Crippen molar-refractivity contribution in [3.8, 4) is 5.75 Å². The quantitative estimate of drug-likeness (QED) is 0.163. The third-order valence-electron chi connectivity index (χ3n) is 14.8. The van der Waals surface area contributed by atoms with E-state index in [1.807, 2.05) is 27.7 Å². The second kappa shape index (κ2) is 25.9. The lowest BCUT2D eigenvalue weighted by Crippen LogP contribution is -2.62. The van der Waals surface area contributed by atoms with Crippen LogP contribution in [0.5, 0.6) is 5.75 Å². The van der Waals surface area contributed by atoms with E-state index in [1.165, 1.54) is 40.7 Å². The van der Waals surface area contributed by atoms with Gasteiger partial charge in [0.15, 0.2) is 6.10 Å². The fraction of sp³-hybridized carbons (Fsp3) is 0.698. The molecule has 0 unspecified atom stereocenters. The van der Waals surface area contributed by atoms with Crippen LogP contribution in [0.2, 0.25) is 0 Å². The maximum Gasteiger partial charge on any atom is 0.329 e. The summed E-state index contributed by atoms with van der Waals surface area (Å²) in [6.07, 6.45) is -3.12. The normalized spacial score (nSPS) is 27.4. The lowest BCUT2D eigenvalue weighted by atomic mass is 9.92. The van der Waals surface area contributed by atoms with E-state index in [4.69, 9.17) is 14.2 Å². The molecule has 0 spiro atoms. The predicted octanol–water partition coefficient (Wildman–Crippen LogP) is 1.96. The van der Waals surface area contributed by atoms with Gasteiger partial charge in [0.05, 0.1) is 25.7 Å². The molecule has 410 valence electrons. The number of aliphatic hydroxyl groups excluding tert-OH is 1. The maximum absolute atomic E-state index is 15.1. The lowest BCUT2D eigenvalue weighted by molar-refractivity contribution is -0.164. The molecule has 0 saturated carbocycles. The summed E-state index contributed by atoms with van der Waals surface area (Å²) in [5.41, 5.74) is 1.39. The summed E-state index contributed by atoms with van der Waals surface area (Å²) in [5.74, 6) is -7.92. The van der Waals surface area contributed by atoms with E-state index in [0.29, 0.717) is 36.1 Å². The fourth-order valence-electron chi connectivity index (χ4n) is 10.4. The van der Waals surface area contributed by atoms with E-state index in [-0.39, 0.29) is 70.0 Å². The zero-order valence-electron chi connectivity index (χ0n) is 45.0. The molecule has 4 N–H and O–H groups in total. The number of rotatable bonds is 13. The van der Waals surface area contributed by atoms with Crippen LogP contribution in [-0.2, 0) is 70.4 Å². The number of likely N-dealkylation sites (N-methyl/N-ethyl adjacent to an activating group) is 1. The van der Waals surface area contributed by atoms with Crippen molar-refractivity contribution >= 4 is 59.1 Å². The summed E-state index contributed by atoms with van der Waals surface area (Å²) >= 11 is 0. The highest BCUT2D eigenvalue weighted by Gasteiger charge is 2.47. The van der Waals surface area contributed by atoms with Crippen molar-refractivity contribution < 1.29 is 67.3 Å². The van der Waals surface area contributed by atoms with E-state index in [1.54, 1.807) is 39.0 Å². The van der Waals surface area contributed by atoms with Gasteiger partial charge < -0.3 is 54.9 Å². The molecule has 11 atom stereocenters. The van der Waals surface area contributed by atoms with Gasteiger partial charge in [-0.1, -0.05) is 61.0 Å². The molecule has 0 radical (unpaired) electrons. The standard InChI is InChI=1S/C53H79N7O14/c1-12-30(7)44-41(62)26-43(63)74-42(13-2)47(65)54-36(22-28(3)4)50(68)59-21-15-17-38(59)52(70)60-27-34-24-35(72-11)19-18-33(34)25-40(60)53(71)73-32(9)45(48(66)55-44)56-46(64)39(23-29(5)6)57(10)51(69)37-16-14-20-58(37)49(67)31(8)61/h18-19,24,28-30,32,36-42,44-45,62H,12-17,20-23,25-27H2,1-11H3,(H,54,65)(H,55,66)(H,56,64)/t30-,32-,36-,37-,38-,39+,40-,41-,42-,44-,45+/m0/s1. The number of carbonyl (C=O) groups is 10.